The number of benzene rings is 2. The molecule has 1 aliphatic rings. The maximum absolute atomic E-state index is 13.3. The van der Waals surface area contributed by atoms with Gasteiger partial charge in [0, 0.05) is 5.02 Å². The number of carbonyl (C=O) groups excluding carboxylic acids is 2. The van der Waals surface area contributed by atoms with E-state index in [1.165, 1.54) is 16.9 Å². The number of anilines is 1. The Kier molecular flexibility index (Phi) is 7.33. The third-order valence-corrected chi connectivity index (χ3v) is 5.58. The molecule has 0 N–H and O–H groups in total. The van der Waals surface area contributed by atoms with E-state index in [-0.39, 0.29) is 29.9 Å². The highest BCUT2D eigenvalue weighted by Crippen LogP contribution is 2.32. The minimum absolute atomic E-state index is 0.134. The number of carbonyl (C=O) groups is 2. The average Bonchev–Trinajstić information content (AvgIpc) is 2.97. The number of ether oxygens (including phenoxy) is 2. The molecule has 0 saturated carbocycles. The van der Waals surface area contributed by atoms with Gasteiger partial charge >= 0.3 is 5.97 Å². The summed E-state index contributed by atoms with van der Waals surface area (Å²) in [6, 6.07) is 11.9. The third-order valence-electron chi connectivity index (χ3n) is 4.31. The minimum Gasteiger partial charge on any atom is -0.480 e. The van der Waals surface area contributed by atoms with E-state index in [0.717, 1.165) is 0 Å². The Morgan fingerprint density at radius 2 is 2.00 bits per heavy atom. The second kappa shape index (κ2) is 9.96. The highest BCUT2D eigenvalue weighted by Gasteiger charge is 2.40. The van der Waals surface area contributed by atoms with Crippen molar-refractivity contribution in [1.82, 2.24) is 4.90 Å². The Bertz CT molecular complexity index is 1110. The van der Waals surface area contributed by atoms with Crippen molar-refractivity contribution in [3.63, 3.8) is 0 Å². The number of rotatable bonds is 6. The summed E-state index contributed by atoms with van der Waals surface area (Å²) in [5.74, 6) is 2.07. The molecule has 9 heteroatoms. The predicted octanol–water partition coefficient (Wildman–Crippen LogP) is 4.26. The number of hydrogen-bond donors (Lipinski definition) is 0. The molecule has 0 unspecified atom stereocenters. The molecule has 0 radical (unpaired) electrons. The summed E-state index contributed by atoms with van der Waals surface area (Å²) in [5.41, 5.74) is 1.46. The van der Waals surface area contributed by atoms with Gasteiger partial charge in [-0.3, -0.25) is 14.5 Å². The van der Waals surface area contributed by atoms with Gasteiger partial charge in [-0.1, -0.05) is 23.6 Å². The van der Waals surface area contributed by atoms with E-state index >= 15 is 0 Å². The summed E-state index contributed by atoms with van der Waals surface area (Å²) >= 11 is 14.9. The van der Waals surface area contributed by atoms with E-state index < -0.39 is 5.97 Å². The maximum atomic E-state index is 13.3. The number of esters is 1. The van der Waals surface area contributed by atoms with Crippen LogP contribution < -0.4 is 9.64 Å². The van der Waals surface area contributed by atoms with Crippen molar-refractivity contribution in [3.8, 4) is 18.1 Å². The van der Waals surface area contributed by atoms with Gasteiger partial charge in [0.05, 0.1) is 17.3 Å². The molecule has 1 amide bonds. The lowest BCUT2D eigenvalue weighted by Gasteiger charge is -2.19. The second-order valence-corrected chi connectivity index (χ2v) is 7.93. The van der Waals surface area contributed by atoms with Gasteiger partial charge in [0.2, 0.25) is 0 Å². The first-order valence-electron chi connectivity index (χ1n) is 8.91. The van der Waals surface area contributed by atoms with Crippen LogP contribution in [0.25, 0.3) is 6.08 Å². The molecular weight excluding hydrogens is 504 g/mol. The molecule has 1 saturated heterocycles. The van der Waals surface area contributed by atoms with Crippen LogP contribution in [0.15, 0.2) is 52.6 Å². The van der Waals surface area contributed by atoms with Gasteiger partial charge in [-0.2, -0.15) is 0 Å². The van der Waals surface area contributed by atoms with Crippen molar-refractivity contribution in [1.29, 1.82) is 0 Å². The number of thiocarbonyl (C=S) groups is 1. The van der Waals surface area contributed by atoms with Crippen LogP contribution in [0.2, 0.25) is 5.02 Å². The fourth-order valence-corrected chi connectivity index (χ4v) is 3.83. The molecule has 0 aliphatic carbocycles. The Balaban J connectivity index is 2.00. The molecule has 0 spiro atoms. The van der Waals surface area contributed by atoms with Crippen LogP contribution >= 0.6 is 39.7 Å². The van der Waals surface area contributed by atoms with Gasteiger partial charge in [0.25, 0.3) is 5.91 Å². The number of hydrogen-bond acceptors (Lipinski definition) is 5. The maximum Gasteiger partial charge on any atom is 0.325 e. The van der Waals surface area contributed by atoms with Crippen molar-refractivity contribution >= 4 is 68.5 Å². The van der Waals surface area contributed by atoms with Crippen molar-refractivity contribution < 1.29 is 19.1 Å². The largest absolute Gasteiger partial charge is 0.480 e. The van der Waals surface area contributed by atoms with Gasteiger partial charge in [0.1, 0.15) is 24.6 Å². The Labute approximate surface area is 198 Å². The first-order valence-corrected chi connectivity index (χ1v) is 10.5. The average molecular weight is 520 g/mol. The summed E-state index contributed by atoms with van der Waals surface area (Å²) in [6.07, 6.45) is 6.87. The third kappa shape index (κ3) is 5.07. The second-order valence-electron chi connectivity index (χ2n) is 6.27. The topological polar surface area (TPSA) is 59.1 Å². The lowest BCUT2D eigenvalue weighted by atomic mass is 10.1. The number of terminal acetylenes is 1. The highest BCUT2D eigenvalue weighted by atomic mass is 79.9. The van der Waals surface area contributed by atoms with Gasteiger partial charge in [-0.25, -0.2) is 0 Å². The molecule has 6 nitrogen and oxygen atoms in total. The summed E-state index contributed by atoms with van der Waals surface area (Å²) in [5, 5.41) is 0.692. The first-order chi connectivity index (χ1) is 14.8. The number of methoxy groups -OCH3 is 1. The Morgan fingerprint density at radius 1 is 1.29 bits per heavy atom. The SMILES string of the molecule is C#CCOc1ccc(/C=C2/C(=O)N(c3ccc(Cl)cc3)C(=S)N2CC(=O)OC)cc1Br. The van der Waals surface area contributed by atoms with E-state index in [0.29, 0.717) is 26.5 Å². The zero-order chi connectivity index (χ0) is 22.5. The van der Waals surface area contributed by atoms with E-state index in [2.05, 4.69) is 21.9 Å². The molecular formula is C22H16BrClN2O4S. The molecule has 1 aliphatic heterocycles. The lowest BCUT2D eigenvalue weighted by molar-refractivity contribution is -0.140. The number of amides is 1. The standard InChI is InChI=1S/C22H16BrClN2O4S/c1-3-10-30-19-9-4-14(11-17(19)23)12-18-21(28)26(16-7-5-15(24)6-8-16)22(31)25(18)13-20(27)29-2/h1,4-9,11-12H,10,13H2,2H3/b18-12-. The summed E-state index contributed by atoms with van der Waals surface area (Å²) in [4.78, 5) is 28.0. The van der Waals surface area contributed by atoms with E-state index in [1.807, 2.05) is 0 Å². The van der Waals surface area contributed by atoms with Crippen LogP contribution in [0.5, 0.6) is 5.75 Å². The van der Waals surface area contributed by atoms with Crippen LogP contribution in [0.1, 0.15) is 5.56 Å². The van der Waals surface area contributed by atoms with Crippen molar-refractivity contribution in [2.45, 2.75) is 0 Å². The molecule has 3 rings (SSSR count). The molecule has 2 aromatic rings. The Morgan fingerprint density at radius 3 is 2.61 bits per heavy atom. The Hall–Kier alpha value is -2.86. The van der Waals surface area contributed by atoms with Crippen LogP contribution in [0.3, 0.4) is 0 Å². The summed E-state index contributed by atoms with van der Waals surface area (Å²) in [7, 11) is 1.27. The summed E-state index contributed by atoms with van der Waals surface area (Å²) < 4.78 is 10.9. The number of nitrogens with zero attached hydrogens (tertiary/aromatic N) is 2. The monoisotopic (exact) mass is 518 g/mol. The van der Waals surface area contributed by atoms with Gasteiger partial charge in [0.15, 0.2) is 5.11 Å². The van der Waals surface area contributed by atoms with Crippen LogP contribution in [-0.2, 0) is 14.3 Å². The number of halogens is 2. The molecule has 0 aromatic heterocycles. The molecule has 2 aromatic carbocycles. The zero-order valence-corrected chi connectivity index (χ0v) is 19.5. The molecule has 1 heterocycles. The van der Waals surface area contributed by atoms with Crippen molar-refractivity contribution in [2.75, 3.05) is 25.2 Å². The van der Waals surface area contributed by atoms with Gasteiger partial charge in [-0.05, 0) is 76.2 Å². The van der Waals surface area contributed by atoms with Gasteiger partial charge < -0.3 is 14.4 Å². The van der Waals surface area contributed by atoms with Gasteiger partial charge in [-0.15, -0.1) is 6.42 Å². The van der Waals surface area contributed by atoms with Crippen LogP contribution in [0.4, 0.5) is 5.69 Å². The van der Waals surface area contributed by atoms with Crippen LogP contribution in [-0.4, -0.2) is 42.2 Å². The first kappa shape index (κ1) is 22.8. The van der Waals surface area contributed by atoms with E-state index in [9.17, 15) is 9.59 Å². The van der Waals surface area contributed by atoms with Crippen LogP contribution in [0, 0.1) is 12.3 Å². The molecule has 0 atom stereocenters. The molecule has 0 bridgehead atoms. The molecule has 1 fully saturated rings. The highest BCUT2D eigenvalue weighted by molar-refractivity contribution is 9.10. The van der Waals surface area contributed by atoms with E-state index in [1.54, 1.807) is 48.5 Å². The summed E-state index contributed by atoms with van der Waals surface area (Å²) in [6.45, 7) is -0.0731. The smallest absolute Gasteiger partial charge is 0.325 e. The minimum atomic E-state index is -0.529. The predicted molar refractivity (Wildman–Crippen MR) is 127 cm³/mol. The van der Waals surface area contributed by atoms with Crippen molar-refractivity contribution in [2.24, 2.45) is 0 Å². The fourth-order valence-electron chi connectivity index (χ4n) is 2.85. The normalized spacial score (nSPS) is 14.7. The lowest BCUT2D eigenvalue weighted by Crippen LogP contribution is -2.35. The quantitative estimate of drug-likeness (QED) is 0.246. The van der Waals surface area contributed by atoms with Crippen molar-refractivity contribution in [3.05, 3.63) is 63.2 Å². The molecule has 158 valence electrons. The van der Waals surface area contributed by atoms with E-state index in [4.69, 9.17) is 39.7 Å². The zero-order valence-electron chi connectivity index (χ0n) is 16.3. The molecule has 31 heavy (non-hydrogen) atoms. The fraction of sp³-hybridized carbons (Fsp3) is 0.136.